The van der Waals surface area contributed by atoms with Crippen molar-refractivity contribution in [2.24, 2.45) is 11.3 Å². The molecule has 2 unspecified atom stereocenters. The zero-order valence-corrected chi connectivity index (χ0v) is 13.6. The lowest BCUT2D eigenvalue weighted by Crippen LogP contribution is -2.48. The molecule has 5 heteroatoms. The summed E-state index contributed by atoms with van der Waals surface area (Å²) >= 11 is 0. The zero-order valence-electron chi connectivity index (χ0n) is 12.8. The zero-order chi connectivity index (χ0) is 14.5. The molecular weight excluding hydrogens is 260 g/mol. The molecule has 1 fully saturated rings. The molecule has 1 aliphatic rings. The Labute approximate surface area is 118 Å². The van der Waals surface area contributed by atoms with Crippen molar-refractivity contribution in [2.45, 2.75) is 59.4 Å². The molecule has 4 nitrogen and oxygen atoms in total. The molecule has 0 bridgehead atoms. The largest absolute Gasteiger partial charge is 0.312 e. The molecule has 0 aromatic heterocycles. The monoisotopic (exact) mass is 290 g/mol. The van der Waals surface area contributed by atoms with Crippen LogP contribution >= 0.6 is 0 Å². The van der Waals surface area contributed by atoms with Crippen LogP contribution in [0, 0.1) is 11.3 Å². The van der Waals surface area contributed by atoms with Gasteiger partial charge >= 0.3 is 0 Å². The Hall–Kier alpha value is -0.130. The highest BCUT2D eigenvalue weighted by atomic mass is 32.2. The summed E-state index contributed by atoms with van der Waals surface area (Å²) in [5.41, 5.74) is 0.0593. The van der Waals surface area contributed by atoms with Gasteiger partial charge in [-0.15, -0.1) is 0 Å². The molecule has 2 N–H and O–H groups in total. The predicted octanol–water partition coefficient (Wildman–Crippen LogP) is 2.12. The molecule has 0 radical (unpaired) electrons. The molecule has 1 aliphatic heterocycles. The van der Waals surface area contributed by atoms with Gasteiger partial charge in [0.1, 0.15) is 0 Å². The Morgan fingerprint density at radius 3 is 2.58 bits per heavy atom. The van der Waals surface area contributed by atoms with Crippen LogP contribution in [0.3, 0.4) is 0 Å². The van der Waals surface area contributed by atoms with Gasteiger partial charge in [0.2, 0.25) is 10.0 Å². The summed E-state index contributed by atoms with van der Waals surface area (Å²) in [5, 5.41) is 3.44. The molecular formula is C14H30N2O2S. The average Bonchev–Trinajstić information content (AvgIpc) is 2.34. The summed E-state index contributed by atoms with van der Waals surface area (Å²) in [4.78, 5) is 0. The fraction of sp³-hybridized carbons (Fsp3) is 1.00. The Morgan fingerprint density at radius 2 is 2.00 bits per heavy atom. The van der Waals surface area contributed by atoms with Gasteiger partial charge in [0, 0.05) is 12.6 Å². The summed E-state index contributed by atoms with van der Waals surface area (Å²) in [6, 6.07) is 0.295. The summed E-state index contributed by atoms with van der Waals surface area (Å²) in [6.45, 7) is 9.92. The first-order chi connectivity index (χ1) is 8.73. The topological polar surface area (TPSA) is 58.2 Å². The van der Waals surface area contributed by atoms with Crippen LogP contribution in [-0.2, 0) is 10.0 Å². The molecule has 0 aromatic carbocycles. The summed E-state index contributed by atoms with van der Waals surface area (Å²) in [7, 11) is -3.14. The third kappa shape index (κ3) is 6.72. The standard InChI is InChI=1S/C14H30N2O2S/c1-5-12-7-6-9-15-13(12)11-16-19(17,18)10-8-14(2,3)4/h12-13,15-16H,5-11H2,1-4H3. The van der Waals surface area contributed by atoms with Gasteiger partial charge in [-0.3, -0.25) is 0 Å². The minimum atomic E-state index is -3.14. The lowest BCUT2D eigenvalue weighted by atomic mass is 9.89. The molecule has 1 rings (SSSR count). The molecule has 0 spiro atoms. The minimum Gasteiger partial charge on any atom is -0.312 e. The molecule has 0 saturated carbocycles. The third-order valence-corrected chi connectivity index (χ3v) is 5.24. The Morgan fingerprint density at radius 1 is 1.32 bits per heavy atom. The number of sulfonamides is 1. The van der Waals surface area contributed by atoms with Gasteiger partial charge in [0.15, 0.2) is 0 Å². The Kier molecular flexibility index (Phi) is 6.27. The van der Waals surface area contributed by atoms with E-state index in [9.17, 15) is 8.42 Å². The van der Waals surface area contributed by atoms with E-state index in [2.05, 4.69) is 37.7 Å². The van der Waals surface area contributed by atoms with Crippen LogP contribution in [0.2, 0.25) is 0 Å². The van der Waals surface area contributed by atoms with E-state index in [1.54, 1.807) is 0 Å². The second-order valence-corrected chi connectivity index (χ2v) is 8.78. The third-order valence-electron chi connectivity index (χ3n) is 3.90. The molecule has 0 aromatic rings. The SMILES string of the molecule is CCC1CCCNC1CNS(=O)(=O)CCC(C)(C)C. The first kappa shape index (κ1) is 16.9. The van der Waals surface area contributed by atoms with Crippen molar-refractivity contribution in [3.63, 3.8) is 0 Å². The summed E-state index contributed by atoms with van der Waals surface area (Å²) in [5.74, 6) is 0.819. The highest BCUT2D eigenvalue weighted by molar-refractivity contribution is 7.89. The molecule has 1 heterocycles. The highest BCUT2D eigenvalue weighted by Crippen LogP contribution is 2.20. The van der Waals surface area contributed by atoms with Gasteiger partial charge in [-0.05, 0) is 37.1 Å². The fourth-order valence-corrected chi connectivity index (χ4v) is 3.94. The van der Waals surface area contributed by atoms with Gasteiger partial charge in [0.05, 0.1) is 5.75 Å². The lowest BCUT2D eigenvalue weighted by Gasteiger charge is -2.32. The summed E-state index contributed by atoms with van der Waals surface area (Å²) in [6.07, 6.45) is 4.21. The van der Waals surface area contributed by atoms with Crippen molar-refractivity contribution < 1.29 is 8.42 Å². The van der Waals surface area contributed by atoms with Crippen molar-refractivity contribution in [1.82, 2.24) is 10.0 Å². The van der Waals surface area contributed by atoms with E-state index in [1.807, 2.05) is 0 Å². The molecule has 0 aliphatic carbocycles. The van der Waals surface area contributed by atoms with E-state index in [-0.39, 0.29) is 11.2 Å². The lowest BCUT2D eigenvalue weighted by molar-refractivity contribution is 0.273. The molecule has 19 heavy (non-hydrogen) atoms. The van der Waals surface area contributed by atoms with Crippen molar-refractivity contribution in [1.29, 1.82) is 0 Å². The van der Waals surface area contributed by atoms with Gasteiger partial charge in [-0.2, -0.15) is 0 Å². The normalized spacial score (nSPS) is 25.5. The van der Waals surface area contributed by atoms with E-state index in [0.29, 0.717) is 24.9 Å². The van der Waals surface area contributed by atoms with Crippen molar-refractivity contribution >= 4 is 10.0 Å². The predicted molar refractivity (Wildman–Crippen MR) is 80.7 cm³/mol. The van der Waals surface area contributed by atoms with Crippen LogP contribution < -0.4 is 10.0 Å². The molecule has 0 amide bonds. The van der Waals surface area contributed by atoms with E-state index >= 15 is 0 Å². The summed E-state index contributed by atoms with van der Waals surface area (Å²) < 4.78 is 26.7. The Balaban J connectivity index is 2.41. The van der Waals surface area contributed by atoms with Crippen LogP contribution in [0.4, 0.5) is 0 Å². The van der Waals surface area contributed by atoms with E-state index < -0.39 is 10.0 Å². The van der Waals surface area contributed by atoms with E-state index in [4.69, 9.17) is 0 Å². The number of rotatable bonds is 6. The number of hydrogen-bond acceptors (Lipinski definition) is 3. The van der Waals surface area contributed by atoms with Gasteiger partial charge in [0.25, 0.3) is 0 Å². The number of nitrogens with one attached hydrogen (secondary N) is 2. The van der Waals surface area contributed by atoms with E-state index in [1.165, 1.54) is 12.8 Å². The highest BCUT2D eigenvalue weighted by Gasteiger charge is 2.25. The maximum absolute atomic E-state index is 12.0. The van der Waals surface area contributed by atoms with Crippen LogP contribution in [-0.4, -0.2) is 33.3 Å². The van der Waals surface area contributed by atoms with Gasteiger partial charge in [-0.1, -0.05) is 34.1 Å². The first-order valence-electron chi connectivity index (χ1n) is 7.44. The van der Waals surface area contributed by atoms with Crippen molar-refractivity contribution in [2.75, 3.05) is 18.8 Å². The van der Waals surface area contributed by atoms with Crippen LogP contribution in [0.25, 0.3) is 0 Å². The van der Waals surface area contributed by atoms with Crippen LogP contribution in [0.15, 0.2) is 0 Å². The number of piperidine rings is 1. The average molecular weight is 290 g/mol. The maximum atomic E-state index is 12.0. The van der Waals surface area contributed by atoms with Crippen LogP contribution in [0.1, 0.15) is 53.4 Å². The van der Waals surface area contributed by atoms with Crippen molar-refractivity contribution in [3.05, 3.63) is 0 Å². The second-order valence-electron chi connectivity index (χ2n) is 6.85. The van der Waals surface area contributed by atoms with Gasteiger partial charge in [-0.25, -0.2) is 13.1 Å². The van der Waals surface area contributed by atoms with Crippen LogP contribution in [0.5, 0.6) is 0 Å². The minimum absolute atomic E-state index is 0.0593. The second kappa shape index (κ2) is 7.04. The first-order valence-corrected chi connectivity index (χ1v) is 9.09. The maximum Gasteiger partial charge on any atom is 0.211 e. The smallest absolute Gasteiger partial charge is 0.211 e. The van der Waals surface area contributed by atoms with E-state index in [0.717, 1.165) is 13.0 Å². The van der Waals surface area contributed by atoms with Gasteiger partial charge < -0.3 is 5.32 Å². The Bertz CT molecular complexity index is 360. The van der Waals surface area contributed by atoms with Crippen molar-refractivity contribution in [3.8, 4) is 0 Å². The number of hydrogen-bond donors (Lipinski definition) is 2. The fourth-order valence-electron chi connectivity index (χ4n) is 2.48. The molecule has 2 atom stereocenters. The quantitative estimate of drug-likeness (QED) is 0.788. The molecule has 114 valence electrons. The molecule has 1 saturated heterocycles.